The molecule has 14 heavy (non-hydrogen) atoms. The van der Waals surface area contributed by atoms with Gasteiger partial charge in [0.25, 0.3) is 0 Å². The Labute approximate surface area is 86.9 Å². The van der Waals surface area contributed by atoms with Gasteiger partial charge in [-0.05, 0) is 30.4 Å². The highest BCUT2D eigenvalue weighted by Gasteiger charge is 2.01. The van der Waals surface area contributed by atoms with Gasteiger partial charge in [0.2, 0.25) is 0 Å². The highest BCUT2D eigenvalue weighted by atomic mass is 32.2. The van der Waals surface area contributed by atoms with Gasteiger partial charge in [0.05, 0.1) is 6.07 Å². The maximum Gasteiger partial charge on any atom is 0.124 e. The first-order valence-corrected chi connectivity index (χ1v) is 5.27. The third-order valence-corrected chi connectivity index (χ3v) is 2.82. The van der Waals surface area contributed by atoms with Gasteiger partial charge in [-0.25, -0.2) is 4.39 Å². The summed E-state index contributed by atoms with van der Waals surface area (Å²) in [5.41, 5.74) is 6.24. The Morgan fingerprint density at radius 2 is 2.29 bits per heavy atom. The molecule has 0 saturated heterocycles. The Morgan fingerprint density at radius 3 is 3.00 bits per heavy atom. The van der Waals surface area contributed by atoms with E-state index in [1.54, 1.807) is 6.07 Å². The molecule has 0 aliphatic heterocycles. The molecule has 0 heterocycles. The fourth-order valence-electron chi connectivity index (χ4n) is 0.967. The molecule has 0 saturated carbocycles. The zero-order chi connectivity index (χ0) is 10.4. The molecule has 0 bridgehead atoms. The lowest BCUT2D eigenvalue weighted by atomic mass is 10.3. The van der Waals surface area contributed by atoms with Crippen molar-refractivity contribution in [2.75, 3.05) is 11.5 Å². The molecule has 0 aromatic heterocycles. The lowest BCUT2D eigenvalue weighted by molar-refractivity contribution is 0.624. The van der Waals surface area contributed by atoms with Crippen LogP contribution >= 0.6 is 11.8 Å². The molecule has 0 unspecified atom stereocenters. The summed E-state index contributed by atoms with van der Waals surface area (Å²) in [4.78, 5) is 0.753. The van der Waals surface area contributed by atoms with Crippen LogP contribution in [0.2, 0.25) is 0 Å². The second-order valence-corrected chi connectivity index (χ2v) is 3.93. The predicted octanol–water partition coefficient (Wildman–Crippen LogP) is 2.80. The first-order chi connectivity index (χ1) is 6.74. The summed E-state index contributed by atoms with van der Waals surface area (Å²) in [6.45, 7) is 0. The van der Waals surface area contributed by atoms with Gasteiger partial charge >= 0.3 is 0 Å². The lowest BCUT2D eigenvalue weighted by Crippen LogP contribution is -1.90. The molecule has 0 aliphatic carbocycles. The smallest absolute Gasteiger partial charge is 0.124 e. The van der Waals surface area contributed by atoms with Crippen LogP contribution in [0.25, 0.3) is 0 Å². The summed E-state index contributed by atoms with van der Waals surface area (Å²) < 4.78 is 12.8. The van der Waals surface area contributed by atoms with E-state index in [2.05, 4.69) is 6.07 Å². The van der Waals surface area contributed by atoms with Crippen molar-refractivity contribution in [2.24, 2.45) is 0 Å². The number of unbranched alkanes of at least 4 members (excludes halogenated alkanes) is 1. The second-order valence-electron chi connectivity index (χ2n) is 2.79. The van der Waals surface area contributed by atoms with Crippen molar-refractivity contribution < 1.29 is 4.39 Å². The molecule has 0 amide bonds. The van der Waals surface area contributed by atoms with Gasteiger partial charge < -0.3 is 5.73 Å². The number of benzene rings is 1. The summed E-state index contributed by atoms with van der Waals surface area (Å²) in [7, 11) is 0. The molecule has 0 atom stereocenters. The van der Waals surface area contributed by atoms with Crippen LogP contribution in [0.3, 0.4) is 0 Å². The third-order valence-electron chi connectivity index (χ3n) is 1.67. The summed E-state index contributed by atoms with van der Waals surface area (Å²) in [6, 6.07) is 6.38. The average Bonchev–Trinajstić information content (AvgIpc) is 2.18. The molecular formula is C10H11FN2S. The fourth-order valence-corrected chi connectivity index (χ4v) is 1.91. The zero-order valence-corrected chi connectivity index (χ0v) is 8.48. The van der Waals surface area contributed by atoms with Crippen LogP contribution in [0.4, 0.5) is 10.1 Å². The van der Waals surface area contributed by atoms with E-state index in [1.165, 1.54) is 23.9 Å². The maximum absolute atomic E-state index is 12.8. The van der Waals surface area contributed by atoms with Crippen molar-refractivity contribution >= 4 is 17.4 Å². The minimum absolute atomic E-state index is 0.276. The third kappa shape index (κ3) is 3.27. The van der Waals surface area contributed by atoms with Crippen LogP contribution in [0.5, 0.6) is 0 Å². The van der Waals surface area contributed by atoms with Crippen LogP contribution in [0.1, 0.15) is 12.8 Å². The van der Waals surface area contributed by atoms with E-state index in [0.29, 0.717) is 12.1 Å². The van der Waals surface area contributed by atoms with E-state index in [1.807, 2.05) is 0 Å². The van der Waals surface area contributed by atoms with E-state index < -0.39 is 0 Å². The predicted molar refractivity (Wildman–Crippen MR) is 56.4 cm³/mol. The highest BCUT2D eigenvalue weighted by molar-refractivity contribution is 7.99. The number of nitriles is 1. The van der Waals surface area contributed by atoms with Crippen molar-refractivity contribution in [2.45, 2.75) is 17.7 Å². The molecule has 4 heteroatoms. The van der Waals surface area contributed by atoms with Crippen LogP contribution < -0.4 is 5.73 Å². The SMILES string of the molecule is N#CCCCSc1cc(F)ccc1N. The number of nitrogens with zero attached hydrogens (tertiary/aromatic N) is 1. The lowest BCUT2D eigenvalue weighted by Gasteiger charge is -2.03. The molecule has 0 radical (unpaired) electrons. The van der Waals surface area contributed by atoms with Crippen LogP contribution in [-0.2, 0) is 0 Å². The Bertz CT molecular complexity index is 346. The topological polar surface area (TPSA) is 49.8 Å². The van der Waals surface area contributed by atoms with E-state index in [9.17, 15) is 4.39 Å². The van der Waals surface area contributed by atoms with Crippen molar-refractivity contribution in [3.63, 3.8) is 0 Å². The number of thioether (sulfide) groups is 1. The zero-order valence-electron chi connectivity index (χ0n) is 7.66. The first-order valence-electron chi connectivity index (χ1n) is 4.29. The second kappa shape index (κ2) is 5.51. The van der Waals surface area contributed by atoms with E-state index in [0.717, 1.165) is 17.1 Å². The quantitative estimate of drug-likeness (QED) is 0.472. The van der Waals surface area contributed by atoms with Crippen molar-refractivity contribution in [3.8, 4) is 6.07 Å². The molecule has 0 fully saturated rings. The Hall–Kier alpha value is -1.21. The number of hydrogen-bond acceptors (Lipinski definition) is 3. The molecule has 1 aromatic carbocycles. The maximum atomic E-state index is 12.8. The summed E-state index contributed by atoms with van der Waals surface area (Å²) >= 11 is 1.49. The van der Waals surface area contributed by atoms with Crippen LogP contribution in [0.15, 0.2) is 23.1 Å². The molecule has 2 nitrogen and oxygen atoms in total. The van der Waals surface area contributed by atoms with Crippen LogP contribution in [0, 0.1) is 17.1 Å². The van der Waals surface area contributed by atoms with Gasteiger partial charge in [0.1, 0.15) is 5.82 Å². The minimum atomic E-state index is -0.276. The van der Waals surface area contributed by atoms with Gasteiger partial charge in [0.15, 0.2) is 0 Å². The molecular weight excluding hydrogens is 199 g/mol. The number of halogens is 1. The standard InChI is InChI=1S/C10H11FN2S/c11-8-3-4-9(13)10(7-8)14-6-2-1-5-12/h3-4,7H,1-2,6,13H2. The van der Waals surface area contributed by atoms with Gasteiger partial charge in [0, 0.05) is 17.0 Å². The molecule has 74 valence electrons. The monoisotopic (exact) mass is 210 g/mol. The van der Waals surface area contributed by atoms with Gasteiger partial charge in [-0.1, -0.05) is 0 Å². The van der Waals surface area contributed by atoms with Crippen molar-refractivity contribution in [1.82, 2.24) is 0 Å². The summed E-state index contributed by atoms with van der Waals surface area (Å²) in [5.74, 6) is 0.517. The number of hydrogen-bond donors (Lipinski definition) is 1. The van der Waals surface area contributed by atoms with Crippen LogP contribution in [-0.4, -0.2) is 5.75 Å². The Morgan fingerprint density at radius 1 is 1.50 bits per heavy atom. The van der Waals surface area contributed by atoms with Crippen molar-refractivity contribution in [1.29, 1.82) is 5.26 Å². The van der Waals surface area contributed by atoms with Gasteiger partial charge in [-0.2, -0.15) is 5.26 Å². The highest BCUT2D eigenvalue weighted by Crippen LogP contribution is 2.26. The number of nitrogens with two attached hydrogens (primary N) is 1. The van der Waals surface area contributed by atoms with E-state index in [-0.39, 0.29) is 5.82 Å². The molecule has 1 aromatic rings. The van der Waals surface area contributed by atoms with E-state index in [4.69, 9.17) is 11.0 Å². The summed E-state index contributed by atoms with van der Waals surface area (Å²) in [6.07, 6.45) is 1.33. The minimum Gasteiger partial charge on any atom is -0.398 e. The first kappa shape index (κ1) is 10.9. The van der Waals surface area contributed by atoms with Gasteiger partial charge in [-0.3, -0.25) is 0 Å². The average molecular weight is 210 g/mol. The number of nitrogen functional groups attached to an aromatic ring is 1. The molecule has 1 rings (SSSR count). The normalized spacial score (nSPS) is 9.71. The molecule has 0 aliphatic rings. The molecule has 2 N–H and O–H groups in total. The van der Waals surface area contributed by atoms with E-state index >= 15 is 0 Å². The van der Waals surface area contributed by atoms with Crippen molar-refractivity contribution in [3.05, 3.63) is 24.0 Å². The largest absolute Gasteiger partial charge is 0.398 e. The number of rotatable bonds is 4. The number of anilines is 1. The molecule has 0 spiro atoms. The Kier molecular flexibility index (Phi) is 4.27. The summed E-state index contributed by atoms with van der Waals surface area (Å²) in [5, 5.41) is 8.32. The Balaban J connectivity index is 2.50. The fraction of sp³-hybridized carbons (Fsp3) is 0.300. The van der Waals surface area contributed by atoms with Gasteiger partial charge in [-0.15, -0.1) is 11.8 Å².